The number of benzene rings is 1. The van der Waals surface area contributed by atoms with Gasteiger partial charge in [0.15, 0.2) is 0 Å². The number of rotatable bonds is 6. The maximum Gasteiger partial charge on any atom is 0.149 e. The van der Waals surface area contributed by atoms with Crippen molar-refractivity contribution in [2.45, 2.75) is 51.5 Å². The SMILES string of the molecule is CCCC(=O)[C@H]1C(=O)C[C@@H](c2ccccc2)CC1=N[C@@H](C)C(=O)[O-]. The number of carboxylic acids is 1. The summed E-state index contributed by atoms with van der Waals surface area (Å²) in [5.74, 6) is -2.61. The van der Waals surface area contributed by atoms with Crippen LogP contribution in [0.15, 0.2) is 35.3 Å². The standard InChI is InChI=1S/C19H23NO4/c1-3-7-16(21)18-15(20-12(2)19(23)24)10-14(11-17(18)22)13-8-5-4-6-9-13/h4-6,8-9,12,14,18H,3,7,10-11H2,1-2H3,(H,23,24)/p-1/t12-,14-,18-/m0/s1. The summed E-state index contributed by atoms with van der Waals surface area (Å²) in [7, 11) is 0. The van der Waals surface area contributed by atoms with Gasteiger partial charge in [-0.15, -0.1) is 0 Å². The lowest BCUT2D eigenvalue weighted by Gasteiger charge is -2.29. The minimum atomic E-state index is -1.31. The summed E-state index contributed by atoms with van der Waals surface area (Å²) in [4.78, 5) is 40.1. The van der Waals surface area contributed by atoms with E-state index in [4.69, 9.17) is 0 Å². The second-order valence-electron chi connectivity index (χ2n) is 6.25. The van der Waals surface area contributed by atoms with Crippen LogP contribution in [-0.2, 0) is 14.4 Å². The van der Waals surface area contributed by atoms with Crippen LogP contribution in [0.4, 0.5) is 0 Å². The largest absolute Gasteiger partial charge is 0.548 e. The molecule has 0 heterocycles. The number of carbonyl (C=O) groups is 3. The quantitative estimate of drug-likeness (QED) is 0.744. The number of carbonyl (C=O) groups excluding carboxylic acids is 3. The first-order valence-electron chi connectivity index (χ1n) is 8.31. The molecule has 0 N–H and O–H groups in total. The van der Waals surface area contributed by atoms with Crippen LogP contribution in [0.5, 0.6) is 0 Å². The Labute approximate surface area is 141 Å². The molecular weight excluding hydrogens is 306 g/mol. The molecule has 5 heteroatoms. The van der Waals surface area contributed by atoms with E-state index in [9.17, 15) is 19.5 Å². The van der Waals surface area contributed by atoms with Crippen LogP contribution in [0, 0.1) is 5.92 Å². The number of hydrogen-bond donors (Lipinski definition) is 0. The summed E-state index contributed by atoms with van der Waals surface area (Å²) in [6.07, 6.45) is 1.65. The molecule has 1 aromatic rings. The Morgan fingerprint density at radius 1 is 1.25 bits per heavy atom. The average Bonchev–Trinajstić information content (AvgIpc) is 2.55. The van der Waals surface area contributed by atoms with Crippen LogP contribution in [0.1, 0.15) is 51.0 Å². The molecule has 128 valence electrons. The summed E-state index contributed by atoms with van der Waals surface area (Å²) in [6, 6.07) is 8.50. The third-order valence-corrected chi connectivity index (χ3v) is 4.35. The lowest BCUT2D eigenvalue weighted by atomic mass is 9.74. The normalized spacial score (nSPS) is 23.9. The van der Waals surface area contributed by atoms with Crippen LogP contribution >= 0.6 is 0 Å². The zero-order valence-electron chi connectivity index (χ0n) is 14.0. The van der Waals surface area contributed by atoms with E-state index in [2.05, 4.69) is 4.99 Å². The second-order valence-corrected chi connectivity index (χ2v) is 6.25. The zero-order chi connectivity index (χ0) is 17.7. The Hall–Kier alpha value is -2.30. The van der Waals surface area contributed by atoms with Crippen LogP contribution in [0.2, 0.25) is 0 Å². The summed E-state index contributed by atoms with van der Waals surface area (Å²) >= 11 is 0. The molecule has 0 unspecified atom stereocenters. The fourth-order valence-electron chi connectivity index (χ4n) is 3.13. The van der Waals surface area contributed by atoms with E-state index in [-0.39, 0.29) is 23.9 Å². The Bertz CT molecular complexity index is 651. The van der Waals surface area contributed by atoms with Crippen molar-refractivity contribution in [3.05, 3.63) is 35.9 Å². The molecule has 1 aliphatic carbocycles. The average molecular weight is 328 g/mol. The van der Waals surface area contributed by atoms with Crippen LogP contribution in [0.3, 0.4) is 0 Å². The highest BCUT2D eigenvalue weighted by Gasteiger charge is 2.38. The first-order valence-corrected chi connectivity index (χ1v) is 8.31. The van der Waals surface area contributed by atoms with E-state index in [1.807, 2.05) is 37.3 Å². The van der Waals surface area contributed by atoms with Gasteiger partial charge >= 0.3 is 0 Å². The van der Waals surface area contributed by atoms with Crippen molar-refractivity contribution in [1.29, 1.82) is 0 Å². The van der Waals surface area contributed by atoms with Gasteiger partial charge < -0.3 is 9.90 Å². The van der Waals surface area contributed by atoms with Crippen molar-refractivity contribution in [3.63, 3.8) is 0 Å². The van der Waals surface area contributed by atoms with Crippen molar-refractivity contribution in [2.75, 3.05) is 0 Å². The van der Waals surface area contributed by atoms with Gasteiger partial charge in [-0.25, -0.2) is 0 Å². The lowest BCUT2D eigenvalue weighted by molar-refractivity contribution is -0.306. The molecule has 0 amide bonds. The number of nitrogens with zero attached hydrogens (tertiary/aromatic N) is 1. The number of aliphatic carboxylic acids is 1. The van der Waals surface area contributed by atoms with Crippen molar-refractivity contribution >= 4 is 23.2 Å². The Morgan fingerprint density at radius 2 is 1.92 bits per heavy atom. The predicted octanol–water partition coefficient (Wildman–Crippen LogP) is 1.70. The second kappa shape index (κ2) is 7.99. The summed E-state index contributed by atoms with van der Waals surface area (Å²) in [6.45, 7) is 3.28. The first kappa shape index (κ1) is 18.0. The fraction of sp³-hybridized carbons (Fsp3) is 0.474. The predicted molar refractivity (Wildman–Crippen MR) is 88.7 cm³/mol. The monoisotopic (exact) mass is 328 g/mol. The molecule has 24 heavy (non-hydrogen) atoms. The smallest absolute Gasteiger partial charge is 0.149 e. The maximum atomic E-state index is 12.6. The maximum absolute atomic E-state index is 12.6. The van der Waals surface area contributed by atoms with Gasteiger partial charge in [0.1, 0.15) is 17.5 Å². The minimum absolute atomic E-state index is 0.0721. The van der Waals surface area contributed by atoms with Crippen LogP contribution < -0.4 is 5.11 Å². The highest BCUT2D eigenvalue weighted by atomic mass is 16.4. The Morgan fingerprint density at radius 3 is 2.50 bits per heavy atom. The molecule has 0 bridgehead atoms. The number of Topliss-reactive ketones (excluding diaryl/α,β-unsaturated/α-hetero) is 2. The molecule has 0 spiro atoms. The van der Waals surface area contributed by atoms with E-state index in [0.717, 1.165) is 5.56 Å². The van der Waals surface area contributed by atoms with Crippen LogP contribution in [-0.4, -0.2) is 29.3 Å². The molecule has 0 saturated heterocycles. The van der Waals surface area contributed by atoms with Gasteiger partial charge in [0.05, 0.1) is 12.0 Å². The molecule has 1 saturated carbocycles. The van der Waals surface area contributed by atoms with Gasteiger partial charge in [0, 0.05) is 18.6 Å². The summed E-state index contributed by atoms with van der Waals surface area (Å²) < 4.78 is 0. The van der Waals surface area contributed by atoms with Gasteiger partial charge in [0.2, 0.25) is 0 Å². The molecular formula is C19H22NO4-. The Kier molecular flexibility index (Phi) is 6.01. The summed E-state index contributed by atoms with van der Waals surface area (Å²) in [5.41, 5.74) is 1.39. The van der Waals surface area contributed by atoms with E-state index < -0.39 is 17.9 Å². The molecule has 1 aliphatic rings. The number of carboxylic acid groups (broad SMARTS) is 1. The molecule has 0 radical (unpaired) electrons. The number of aliphatic imine (C=N–C) groups is 1. The third-order valence-electron chi connectivity index (χ3n) is 4.35. The molecule has 0 aliphatic heterocycles. The van der Waals surface area contributed by atoms with E-state index in [1.165, 1.54) is 6.92 Å². The molecule has 2 rings (SSSR count). The topological polar surface area (TPSA) is 86.6 Å². The van der Waals surface area contributed by atoms with Crippen molar-refractivity contribution < 1.29 is 19.5 Å². The van der Waals surface area contributed by atoms with Crippen molar-refractivity contribution in [2.24, 2.45) is 10.9 Å². The van der Waals surface area contributed by atoms with E-state index in [1.54, 1.807) is 0 Å². The molecule has 1 fully saturated rings. The molecule has 0 aromatic heterocycles. The fourth-order valence-corrected chi connectivity index (χ4v) is 3.13. The van der Waals surface area contributed by atoms with Crippen molar-refractivity contribution in [3.8, 4) is 0 Å². The van der Waals surface area contributed by atoms with Gasteiger partial charge in [-0.05, 0) is 31.2 Å². The van der Waals surface area contributed by atoms with Crippen molar-refractivity contribution in [1.82, 2.24) is 0 Å². The molecule has 5 nitrogen and oxygen atoms in total. The number of ketones is 2. The summed E-state index contributed by atoms with van der Waals surface area (Å²) in [5, 5.41) is 11.0. The van der Waals surface area contributed by atoms with Gasteiger partial charge in [0.25, 0.3) is 0 Å². The van der Waals surface area contributed by atoms with E-state index >= 15 is 0 Å². The zero-order valence-corrected chi connectivity index (χ0v) is 14.0. The molecule has 3 atom stereocenters. The lowest BCUT2D eigenvalue weighted by Crippen LogP contribution is -2.40. The highest BCUT2D eigenvalue weighted by Crippen LogP contribution is 2.33. The molecule has 1 aromatic carbocycles. The number of hydrogen-bond acceptors (Lipinski definition) is 5. The van der Waals surface area contributed by atoms with E-state index in [0.29, 0.717) is 25.0 Å². The third kappa shape index (κ3) is 4.16. The van der Waals surface area contributed by atoms with Crippen LogP contribution in [0.25, 0.3) is 0 Å². The van der Waals surface area contributed by atoms with Gasteiger partial charge in [-0.3, -0.25) is 14.6 Å². The first-order chi connectivity index (χ1) is 11.4. The highest BCUT2D eigenvalue weighted by molar-refractivity contribution is 6.22. The van der Waals surface area contributed by atoms with Gasteiger partial charge in [-0.1, -0.05) is 37.3 Å². The minimum Gasteiger partial charge on any atom is -0.548 e. The van der Waals surface area contributed by atoms with Gasteiger partial charge in [-0.2, -0.15) is 0 Å². The Balaban J connectivity index is 2.34.